The van der Waals surface area contributed by atoms with Gasteiger partial charge in [-0.05, 0) is 12.1 Å². The highest BCUT2D eigenvalue weighted by molar-refractivity contribution is 6.02. The number of nitrogens with zero attached hydrogens (tertiary/aromatic N) is 3. The maximum atomic E-state index is 12.7. The topological polar surface area (TPSA) is 75.7 Å². The molecule has 2 aromatic rings. The molecule has 0 radical (unpaired) electrons. The second-order valence-corrected chi connectivity index (χ2v) is 9.79. The lowest BCUT2D eigenvalue weighted by Crippen LogP contribution is -2.50. The van der Waals surface area contributed by atoms with Crippen LogP contribution >= 0.6 is 0 Å². The maximum Gasteiger partial charge on any atom is 0.573 e. The first-order chi connectivity index (χ1) is 19.8. The van der Waals surface area contributed by atoms with Crippen LogP contribution in [-0.2, 0) is 9.53 Å². The number of carbonyl (C=O) groups is 1. The van der Waals surface area contributed by atoms with E-state index in [0.29, 0.717) is 23.8 Å². The van der Waals surface area contributed by atoms with E-state index in [0.717, 1.165) is 78.2 Å². The lowest BCUT2D eigenvalue weighted by molar-refractivity contribution is -0.274. The monoisotopic (exact) mass is 578 g/mol. The Balaban J connectivity index is 1.23. The smallest absolute Gasteiger partial charge is 0.497 e. The molecule has 2 saturated heterocycles. The third-order valence-electron chi connectivity index (χ3n) is 6.92. The third kappa shape index (κ3) is 10.5. The molecule has 1 amide bonds. The van der Waals surface area contributed by atoms with Gasteiger partial charge < -0.3 is 24.3 Å². The molecular weight excluding hydrogens is 541 g/mol. The first-order valence-corrected chi connectivity index (χ1v) is 13.7. The van der Waals surface area contributed by atoms with Crippen molar-refractivity contribution in [2.75, 3.05) is 91.2 Å². The molecule has 2 fully saturated rings. The number of hydrogen-bond acceptors (Lipinski definition) is 8. The summed E-state index contributed by atoms with van der Waals surface area (Å²) in [6, 6.07) is 10.6. The van der Waals surface area contributed by atoms with Crippen molar-refractivity contribution in [1.82, 2.24) is 14.7 Å². The summed E-state index contributed by atoms with van der Waals surface area (Å²) in [6.45, 7) is 11.1. The fourth-order valence-electron chi connectivity index (χ4n) is 4.67. The van der Waals surface area contributed by atoms with Gasteiger partial charge in [-0.25, -0.2) is 0 Å². The molecule has 2 aromatic carbocycles. The van der Waals surface area contributed by atoms with Crippen molar-refractivity contribution in [3.8, 4) is 17.2 Å². The molecule has 4 rings (SSSR count). The summed E-state index contributed by atoms with van der Waals surface area (Å²) in [7, 11) is 1.51. The van der Waals surface area contributed by atoms with Crippen molar-refractivity contribution in [2.24, 2.45) is 0 Å². The van der Waals surface area contributed by atoms with Gasteiger partial charge >= 0.3 is 6.36 Å². The van der Waals surface area contributed by atoms with Crippen molar-refractivity contribution in [2.45, 2.75) is 6.36 Å². The number of hydrogen-bond donors (Lipinski definition) is 1. The number of rotatable bonds is 12. The number of methoxy groups -OCH3 is 1. The van der Waals surface area contributed by atoms with E-state index in [1.165, 1.54) is 31.4 Å². The van der Waals surface area contributed by atoms with Gasteiger partial charge in [0.05, 0.1) is 20.3 Å². The summed E-state index contributed by atoms with van der Waals surface area (Å²) in [4.78, 5) is 19.8. The Morgan fingerprint density at radius 1 is 0.927 bits per heavy atom. The summed E-state index contributed by atoms with van der Waals surface area (Å²) in [5.74, 6) is 0.115. The summed E-state index contributed by atoms with van der Waals surface area (Å²) in [6.07, 6.45) is -2.43. The summed E-state index contributed by atoms with van der Waals surface area (Å²) in [5, 5.41) is 2.70. The van der Waals surface area contributed by atoms with Gasteiger partial charge in [0.15, 0.2) is 0 Å². The number of anilines is 1. The second-order valence-electron chi connectivity index (χ2n) is 9.79. The van der Waals surface area contributed by atoms with Gasteiger partial charge in [0.1, 0.15) is 23.9 Å². The van der Waals surface area contributed by atoms with Gasteiger partial charge in [-0.1, -0.05) is 18.2 Å². The average Bonchev–Trinajstić information content (AvgIpc) is 2.96. The lowest BCUT2D eigenvalue weighted by Gasteiger charge is -2.36. The van der Waals surface area contributed by atoms with Crippen LogP contribution in [0.1, 0.15) is 5.56 Å². The SMILES string of the molecule is COc1cc(NC(=O)/C=C/c2ccccc2OC(F)(F)F)cc(OCCN2CCN(CCN3CCOCC3)CC2)c1. The molecule has 224 valence electrons. The summed E-state index contributed by atoms with van der Waals surface area (Å²) in [5.41, 5.74) is 0.551. The van der Waals surface area contributed by atoms with Crippen molar-refractivity contribution < 1.29 is 36.9 Å². The Bertz CT molecular complexity index is 1150. The van der Waals surface area contributed by atoms with Crippen molar-refractivity contribution in [3.63, 3.8) is 0 Å². The number of benzene rings is 2. The molecule has 2 heterocycles. The second kappa shape index (κ2) is 15.1. The van der Waals surface area contributed by atoms with Crippen LogP contribution in [0, 0.1) is 0 Å². The predicted molar refractivity (Wildman–Crippen MR) is 149 cm³/mol. The Morgan fingerprint density at radius 3 is 2.24 bits per heavy atom. The van der Waals surface area contributed by atoms with Gasteiger partial charge in [-0.15, -0.1) is 13.2 Å². The maximum absolute atomic E-state index is 12.7. The molecule has 2 aliphatic heterocycles. The summed E-state index contributed by atoms with van der Waals surface area (Å²) < 4.78 is 58.7. The standard InChI is InChI=1S/C29H37F3N4O5/c1-38-25-20-24(33-28(37)7-6-23-4-2-3-5-27(23)41-29(30,31)32)21-26(22-25)40-19-16-35-11-8-34(9-12-35)10-13-36-14-17-39-18-15-36/h2-7,20-22H,8-19H2,1H3,(H,33,37)/b7-6+. The van der Waals surface area contributed by atoms with Gasteiger partial charge in [-0.2, -0.15) is 0 Å². The first-order valence-electron chi connectivity index (χ1n) is 13.7. The number of morpholine rings is 1. The van der Waals surface area contributed by atoms with Crippen LogP contribution in [0.25, 0.3) is 6.08 Å². The van der Waals surface area contributed by atoms with Crippen molar-refractivity contribution in [1.29, 1.82) is 0 Å². The van der Waals surface area contributed by atoms with E-state index in [4.69, 9.17) is 14.2 Å². The first kappa shape index (κ1) is 30.6. The van der Waals surface area contributed by atoms with E-state index in [-0.39, 0.29) is 5.56 Å². The minimum atomic E-state index is -4.83. The molecule has 2 aliphatic rings. The van der Waals surface area contributed by atoms with E-state index >= 15 is 0 Å². The minimum absolute atomic E-state index is 0.118. The van der Waals surface area contributed by atoms with Gasteiger partial charge in [0, 0.05) is 94.4 Å². The number of carbonyl (C=O) groups excluding carboxylic acids is 1. The van der Waals surface area contributed by atoms with E-state index in [9.17, 15) is 18.0 Å². The zero-order valence-corrected chi connectivity index (χ0v) is 23.2. The van der Waals surface area contributed by atoms with E-state index in [1.54, 1.807) is 24.3 Å². The summed E-state index contributed by atoms with van der Waals surface area (Å²) >= 11 is 0. The highest BCUT2D eigenvalue weighted by atomic mass is 19.4. The van der Waals surface area contributed by atoms with Crippen LogP contribution in [0.4, 0.5) is 18.9 Å². The Morgan fingerprint density at radius 2 is 1.56 bits per heavy atom. The Labute approximate surface area is 238 Å². The van der Waals surface area contributed by atoms with Crippen LogP contribution in [-0.4, -0.2) is 113 Å². The number of amides is 1. The van der Waals surface area contributed by atoms with Gasteiger partial charge in [0.25, 0.3) is 0 Å². The van der Waals surface area contributed by atoms with E-state index < -0.39 is 18.0 Å². The third-order valence-corrected chi connectivity index (χ3v) is 6.92. The molecule has 0 unspecified atom stereocenters. The number of nitrogens with one attached hydrogen (secondary N) is 1. The molecular formula is C29H37F3N4O5. The molecule has 41 heavy (non-hydrogen) atoms. The van der Waals surface area contributed by atoms with Crippen molar-refractivity contribution >= 4 is 17.7 Å². The number of halogens is 3. The average molecular weight is 579 g/mol. The highest BCUT2D eigenvalue weighted by Gasteiger charge is 2.31. The zero-order chi connectivity index (χ0) is 29.1. The van der Waals surface area contributed by atoms with E-state index in [2.05, 4.69) is 24.8 Å². The van der Waals surface area contributed by atoms with Gasteiger partial charge in [0.2, 0.25) is 5.91 Å². The molecule has 0 bridgehead atoms. The normalized spacial score (nSPS) is 17.5. The van der Waals surface area contributed by atoms with Crippen LogP contribution in [0.3, 0.4) is 0 Å². The number of alkyl halides is 3. The number of para-hydroxylation sites is 1. The Hall–Kier alpha value is -3.32. The van der Waals surface area contributed by atoms with Crippen LogP contribution < -0.4 is 19.5 Å². The number of ether oxygens (including phenoxy) is 4. The lowest BCUT2D eigenvalue weighted by atomic mass is 10.2. The van der Waals surface area contributed by atoms with Gasteiger partial charge in [-0.3, -0.25) is 19.5 Å². The van der Waals surface area contributed by atoms with Crippen LogP contribution in [0.2, 0.25) is 0 Å². The molecule has 0 atom stereocenters. The molecule has 0 spiro atoms. The molecule has 0 aromatic heterocycles. The van der Waals surface area contributed by atoms with E-state index in [1.807, 2.05) is 0 Å². The van der Waals surface area contributed by atoms with Crippen LogP contribution in [0.5, 0.6) is 17.2 Å². The highest BCUT2D eigenvalue weighted by Crippen LogP contribution is 2.28. The molecule has 1 N–H and O–H groups in total. The molecule has 12 heteroatoms. The predicted octanol–water partition coefficient (Wildman–Crippen LogP) is 3.57. The molecule has 9 nitrogen and oxygen atoms in total. The minimum Gasteiger partial charge on any atom is -0.497 e. The zero-order valence-electron chi connectivity index (χ0n) is 23.2. The fraction of sp³-hybridized carbons (Fsp3) is 0.483. The quantitative estimate of drug-likeness (QED) is 0.384. The molecule has 0 aliphatic carbocycles. The Kier molecular flexibility index (Phi) is 11.3. The van der Waals surface area contributed by atoms with Crippen LogP contribution in [0.15, 0.2) is 48.5 Å². The number of piperazine rings is 1. The fourth-order valence-corrected chi connectivity index (χ4v) is 4.67. The molecule has 0 saturated carbocycles. The largest absolute Gasteiger partial charge is 0.573 e. The van der Waals surface area contributed by atoms with Crippen molar-refractivity contribution in [3.05, 3.63) is 54.1 Å².